The smallest absolute Gasteiger partial charge is 0.211 e. The Balaban J connectivity index is 4.58. The van der Waals surface area contributed by atoms with Crippen LogP contribution in [-0.4, -0.2) is 43.8 Å². The highest BCUT2D eigenvalue weighted by Crippen LogP contribution is 2.26. The van der Waals surface area contributed by atoms with Crippen molar-refractivity contribution in [2.24, 2.45) is 5.92 Å². The molecule has 0 radical (unpaired) electrons. The van der Waals surface area contributed by atoms with Crippen LogP contribution < -0.4 is 0 Å². The Hall–Kier alpha value is -0.130. The van der Waals surface area contributed by atoms with Crippen molar-refractivity contribution in [2.75, 3.05) is 19.4 Å². The summed E-state index contributed by atoms with van der Waals surface area (Å²) in [7, 11) is -3.16. The Morgan fingerprint density at radius 3 is 2.11 bits per heavy atom. The summed E-state index contributed by atoms with van der Waals surface area (Å²) in [5.74, 6) is 0.333. The van der Waals surface area contributed by atoms with Crippen LogP contribution in [0.3, 0.4) is 0 Å². The van der Waals surface area contributed by atoms with Crippen LogP contribution in [0.15, 0.2) is 0 Å². The molecule has 0 N–H and O–H groups in total. The molecule has 2 unspecified atom stereocenters. The molecule has 0 aromatic heterocycles. The number of sulfonamides is 1. The topological polar surface area (TPSA) is 46.6 Å². The van der Waals surface area contributed by atoms with E-state index in [1.807, 2.05) is 20.8 Å². The Bertz CT molecular complexity index is 352. The van der Waals surface area contributed by atoms with Crippen molar-refractivity contribution in [3.8, 4) is 0 Å². The molecule has 0 aromatic rings. The van der Waals surface area contributed by atoms with Crippen LogP contribution in [-0.2, 0) is 14.8 Å². The van der Waals surface area contributed by atoms with Crippen LogP contribution in [0.4, 0.5) is 0 Å². The molecule has 19 heavy (non-hydrogen) atoms. The average molecular weight is 293 g/mol. The number of ether oxygens (including phenoxy) is 1. The first kappa shape index (κ1) is 18.9. The number of rotatable bonds is 9. The highest BCUT2D eigenvalue weighted by Gasteiger charge is 2.33. The fraction of sp³-hybridized carbons (Fsp3) is 1.00. The lowest BCUT2D eigenvalue weighted by atomic mass is 9.92. The molecule has 0 spiro atoms. The third-order valence-electron chi connectivity index (χ3n) is 3.45. The summed E-state index contributed by atoms with van der Waals surface area (Å²) >= 11 is 0. The number of hydrogen-bond donors (Lipinski definition) is 0. The van der Waals surface area contributed by atoms with E-state index in [1.165, 1.54) is 6.26 Å². The molecule has 0 saturated carbocycles. The van der Waals surface area contributed by atoms with Crippen molar-refractivity contribution >= 4 is 10.0 Å². The monoisotopic (exact) mass is 293 g/mol. The molecule has 0 aliphatic heterocycles. The van der Waals surface area contributed by atoms with Gasteiger partial charge in [0.15, 0.2) is 0 Å². The van der Waals surface area contributed by atoms with E-state index in [9.17, 15) is 8.42 Å². The Labute approximate surface area is 119 Å². The Morgan fingerprint density at radius 1 is 1.21 bits per heavy atom. The molecule has 0 bridgehead atoms. The minimum absolute atomic E-state index is 0.266. The Morgan fingerprint density at radius 2 is 1.74 bits per heavy atom. The van der Waals surface area contributed by atoms with Gasteiger partial charge in [0.2, 0.25) is 10.0 Å². The molecule has 0 rings (SSSR count). The van der Waals surface area contributed by atoms with Crippen LogP contribution >= 0.6 is 0 Å². The summed E-state index contributed by atoms with van der Waals surface area (Å²) in [6, 6.07) is 0. The molecule has 0 aliphatic carbocycles. The minimum atomic E-state index is -3.16. The fourth-order valence-corrected chi connectivity index (χ4v) is 4.01. The van der Waals surface area contributed by atoms with E-state index in [4.69, 9.17) is 4.74 Å². The molecule has 116 valence electrons. The quantitative estimate of drug-likeness (QED) is 0.656. The standard InChI is InChI=1S/C14H31NO3S/c1-8-13(4)18-11-12(3)10-14(5,6)15(9-2)19(7,16)17/h12-13H,8-11H2,1-7H3. The molecule has 4 nitrogen and oxygen atoms in total. The van der Waals surface area contributed by atoms with Crippen molar-refractivity contribution in [3.63, 3.8) is 0 Å². The SMILES string of the molecule is CCC(C)OCC(C)CC(C)(C)N(CC)S(C)(=O)=O. The molecule has 0 heterocycles. The second-order valence-corrected chi connectivity index (χ2v) is 8.01. The molecule has 2 atom stereocenters. The van der Waals surface area contributed by atoms with E-state index in [0.717, 1.165) is 12.8 Å². The van der Waals surface area contributed by atoms with Gasteiger partial charge in [0.05, 0.1) is 12.4 Å². The van der Waals surface area contributed by atoms with Crippen molar-refractivity contribution in [2.45, 2.75) is 66.0 Å². The lowest BCUT2D eigenvalue weighted by Crippen LogP contribution is -2.48. The summed E-state index contributed by atoms with van der Waals surface area (Å²) in [6.07, 6.45) is 3.34. The molecule has 0 aliphatic rings. The minimum Gasteiger partial charge on any atom is -0.378 e. The van der Waals surface area contributed by atoms with Gasteiger partial charge >= 0.3 is 0 Å². The maximum atomic E-state index is 11.8. The van der Waals surface area contributed by atoms with Crippen LogP contribution in [0.2, 0.25) is 0 Å². The highest BCUT2D eigenvalue weighted by atomic mass is 32.2. The van der Waals surface area contributed by atoms with Crippen molar-refractivity contribution in [1.29, 1.82) is 0 Å². The van der Waals surface area contributed by atoms with Gasteiger partial charge in [-0.25, -0.2) is 8.42 Å². The van der Waals surface area contributed by atoms with Gasteiger partial charge in [-0.3, -0.25) is 0 Å². The third-order valence-corrected chi connectivity index (χ3v) is 5.00. The second-order valence-electron chi connectivity index (χ2n) is 6.10. The summed E-state index contributed by atoms with van der Waals surface area (Å²) in [6.45, 7) is 13.3. The lowest BCUT2D eigenvalue weighted by molar-refractivity contribution is 0.0300. The fourth-order valence-electron chi connectivity index (χ4n) is 2.57. The highest BCUT2D eigenvalue weighted by molar-refractivity contribution is 7.88. The van der Waals surface area contributed by atoms with Gasteiger partial charge in [-0.2, -0.15) is 4.31 Å². The molecular formula is C14H31NO3S. The van der Waals surface area contributed by atoms with Gasteiger partial charge < -0.3 is 4.74 Å². The zero-order chi connectivity index (χ0) is 15.3. The maximum Gasteiger partial charge on any atom is 0.211 e. The first-order valence-electron chi connectivity index (χ1n) is 7.14. The predicted octanol–water partition coefficient (Wildman–Crippen LogP) is 2.89. The maximum absolute atomic E-state index is 11.8. The molecule has 0 saturated heterocycles. The summed E-state index contributed by atoms with van der Waals surface area (Å²) in [5.41, 5.74) is -0.374. The normalized spacial score (nSPS) is 16.6. The van der Waals surface area contributed by atoms with Gasteiger partial charge in [-0.05, 0) is 39.5 Å². The van der Waals surface area contributed by atoms with E-state index in [2.05, 4.69) is 20.8 Å². The van der Waals surface area contributed by atoms with E-state index < -0.39 is 10.0 Å². The summed E-state index contributed by atoms with van der Waals surface area (Å²) in [5, 5.41) is 0. The predicted molar refractivity (Wildman–Crippen MR) is 80.8 cm³/mol. The molecule has 5 heteroatoms. The van der Waals surface area contributed by atoms with Crippen LogP contribution in [0.1, 0.15) is 54.4 Å². The third kappa shape index (κ3) is 6.72. The second kappa shape index (κ2) is 7.60. The summed E-state index contributed by atoms with van der Waals surface area (Å²) < 4.78 is 30.9. The van der Waals surface area contributed by atoms with E-state index in [-0.39, 0.29) is 11.6 Å². The van der Waals surface area contributed by atoms with Crippen LogP contribution in [0.25, 0.3) is 0 Å². The van der Waals surface area contributed by atoms with Crippen LogP contribution in [0.5, 0.6) is 0 Å². The average Bonchev–Trinajstić information content (AvgIpc) is 2.23. The molecule has 0 amide bonds. The Kier molecular flexibility index (Phi) is 7.55. The van der Waals surface area contributed by atoms with Crippen molar-refractivity contribution in [3.05, 3.63) is 0 Å². The van der Waals surface area contributed by atoms with E-state index >= 15 is 0 Å². The van der Waals surface area contributed by atoms with Crippen molar-refractivity contribution < 1.29 is 13.2 Å². The molecule has 0 aromatic carbocycles. The van der Waals surface area contributed by atoms with Gasteiger partial charge in [-0.15, -0.1) is 0 Å². The van der Waals surface area contributed by atoms with E-state index in [0.29, 0.717) is 19.1 Å². The first-order chi connectivity index (χ1) is 8.54. The molecule has 0 fully saturated rings. The number of nitrogens with zero attached hydrogens (tertiary/aromatic N) is 1. The lowest BCUT2D eigenvalue weighted by Gasteiger charge is -2.37. The largest absolute Gasteiger partial charge is 0.378 e. The van der Waals surface area contributed by atoms with Gasteiger partial charge in [0, 0.05) is 18.7 Å². The summed E-state index contributed by atoms with van der Waals surface area (Å²) in [4.78, 5) is 0. The van der Waals surface area contributed by atoms with Crippen LogP contribution in [0, 0.1) is 5.92 Å². The van der Waals surface area contributed by atoms with Gasteiger partial charge in [0.1, 0.15) is 0 Å². The first-order valence-corrected chi connectivity index (χ1v) is 8.98. The van der Waals surface area contributed by atoms with Gasteiger partial charge in [0.25, 0.3) is 0 Å². The number of hydrogen-bond acceptors (Lipinski definition) is 3. The van der Waals surface area contributed by atoms with E-state index in [1.54, 1.807) is 4.31 Å². The van der Waals surface area contributed by atoms with Gasteiger partial charge in [-0.1, -0.05) is 20.8 Å². The molecular weight excluding hydrogens is 262 g/mol. The zero-order valence-corrected chi connectivity index (χ0v) is 14.4. The zero-order valence-electron chi connectivity index (χ0n) is 13.6. The van der Waals surface area contributed by atoms with Crippen molar-refractivity contribution in [1.82, 2.24) is 4.31 Å².